The summed E-state index contributed by atoms with van der Waals surface area (Å²) in [6.45, 7) is 14.1. The third-order valence-electron chi connectivity index (χ3n) is 12.4. The molecule has 2 bridgehead atoms. The van der Waals surface area contributed by atoms with Gasteiger partial charge < -0.3 is 21.4 Å². The third kappa shape index (κ3) is 3.78. The van der Waals surface area contributed by atoms with E-state index in [0.717, 1.165) is 30.4 Å². The summed E-state index contributed by atoms with van der Waals surface area (Å²) in [6, 6.07) is 36.0. The van der Waals surface area contributed by atoms with Gasteiger partial charge in [-0.1, -0.05) is 87.7 Å². The molecule has 5 aliphatic rings. The van der Waals surface area contributed by atoms with Gasteiger partial charge in [-0.3, -0.25) is 0 Å². The first-order valence-corrected chi connectivity index (χ1v) is 17.2. The molecule has 8 rings (SSSR count). The molecule has 5 fully saturated rings. The summed E-state index contributed by atoms with van der Waals surface area (Å²) < 4.78 is 1.41. The van der Waals surface area contributed by atoms with Crippen molar-refractivity contribution in [1.82, 2.24) is 0 Å². The molecule has 3 saturated carbocycles. The van der Waals surface area contributed by atoms with Crippen LogP contribution in [0.4, 0.5) is 0 Å². The molecule has 2 heterocycles. The van der Waals surface area contributed by atoms with Crippen molar-refractivity contribution < 1.29 is 21.4 Å². The maximum atomic E-state index is 2.66. The highest BCUT2D eigenvalue weighted by atomic mass is 79.9. The smallest absolute Gasteiger partial charge is 0.186 e. The second-order valence-electron chi connectivity index (χ2n) is 13.8. The van der Waals surface area contributed by atoms with Crippen molar-refractivity contribution in [2.45, 2.75) is 70.8 Å². The predicted octanol–water partition coefficient (Wildman–Crippen LogP) is 3.97. The van der Waals surface area contributed by atoms with Crippen LogP contribution in [0.5, 0.6) is 0 Å². The first-order chi connectivity index (χ1) is 18.4. The molecule has 4 heteroatoms. The molecule has 2 aliphatic heterocycles. The number of benzene rings is 3. The Bertz CT molecular complexity index is 1180. The quantitative estimate of drug-likeness (QED) is 0.307. The summed E-state index contributed by atoms with van der Waals surface area (Å²) >= 11 is 0. The fourth-order valence-corrected chi connectivity index (χ4v) is 16.2. The van der Waals surface area contributed by atoms with Crippen molar-refractivity contribution in [3.8, 4) is 0 Å². The summed E-state index contributed by atoms with van der Waals surface area (Å²) in [5.74, 6) is 3.51. The largest absolute Gasteiger partial charge is 1.00 e. The number of rotatable bonds is 5. The van der Waals surface area contributed by atoms with Crippen LogP contribution in [-0.4, -0.2) is 35.9 Å². The minimum Gasteiger partial charge on any atom is -1.00 e. The van der Waals surface area contributed by atoms with Crippen LogP contribution >= 0.6 is 7.26 Å². The lowest BCUT2D eigenvalue weighted by Gasteiger charge is -2.76. The molecule has 3 aromatic rings. The summed E-state index contributed by atoms with van der Waals surface area (Å²) in [7, 11) is -1.89. The van der Waals surface area contributed by atoms with Gasteiger partial charge in [0.1, 0.15) is 15.9 Å². The zero-order chi connectivity index (χ0) is 26.1. The van der Waals surface area contributed by atoms with Gasteiger partial charge in [0.05, 0.1) is 13.3 Å². The Morgan fingerprint density at radius 1 is 0.718 bits per heavy atom. The molecule has 205 valence electrons. The average molecular weight is 601 g/mol. The first kappa shape index (κ1) is 27.7. The summed E-state index contributed by atoms with van der Waals surface area (Å²) in [6.07, 6.45) is 5.77. The zero-order valence-electron chi connectivity index (χ0n) is 24.2. The van der Waals surface area contributed by atoms with Gasteiger partial charge in [0.25, 0.3) is 0 Å². The van der Waals surface area contributed by atoms with Gasteiger partial charge in [-0.05, 0) is 79.8 Å². The molecule has 1 nitrogen and oxygen atoms in total. The first-order valence-electron chi connectivity index (χ1n) is 15.3. The average Bonchev–Trinajstić information content (AvgIpc) is 3.48. The number of halogens is 1. The van der Waals surface area contributed by atoms with E-state index < -0.39 is 7.26 Å². The summed E-state index contributed by atoms with van der Waals surface area (Å²) in [5, 5.41) is 4.76. The van der Waals surface area contributed by atoms with Crippen LogP contribution in [-0.2, 0) is 0 Å². The van der Waals surface area contributed by atoms with Crippen LogP contribution in [0, 0.1) is 23.2 Å². The Kier molecular flexibility index (Phi) is 7.22. The topological polar surface area (TPSA) is 0 Å². The number of nitrogens with zero attached hydrogens (tertiary/aromatic N) is 1. The normalized spacial score (nSPS) is 32.6. The van der Waals surface area contributed by atoms with E-state index in [-0.39, 0.29) is 17.0 Å². The Hall–Kier alpha value is -1.41. The van der Waals surface area contributed by atoms with Crippen molar-refractivity contribution in [2.75, 3.05) is 13.1 Å². The number of quaternary nitrogens is 1. The van der Waals surface area contributed by atoms with Crippen LogP contribution in [0.3, 0.4) is 0 Å². The molecular formula is C35H45BBrNP. The van der Waals surface area contributed by atoms with Crippen LogP contribution < -0.4 is 32.9 Å². The SMILES string of the molecule is C[C@@H]1[C@H]2C[C@@H](C[C@H]1[B-]1[C@@H]([P+](c3ccccc3)(c3ccccc3)c3ccccc3)[C@H](C)[N+]13CCCC3)C2(C)C.[Br-]. The molecule has 0 aromatic heterocycles. The molecule has 0 amide bonds. The van der Waals surface area contributed by atoms with E-state index in [1.807, 2.05) is 0 Å². The van der Waals surface area contributed by atoms with E-state index in [4.69, 9.17) is 0 Å². The lowest BCUT2D eigenvalue weighted by molar-refractivity contribution is -0.863. The second kappa shape index (κ2) is 10.1. The molecule has 1 spiro atoms. The van der Waals surface area contributed by atoms with Crippen LogP contribution in [0.1, 0.15) is 53.4 Å². The highest BCUT2D eigenvalue weighted by Crippen LogP contribution is 2.73. The maximum Gasteiger partial charge on any atom is 0.186 e. The van der Waals surface area contributed by atoms with Gasteiger partial charge in [-0.15, -0.1) is 5.82 Å². The molecular weight excluding hydrogens is 556 g/mol. The lowest BCUT2D eigenvalue weighted by Crippen LogP contribution is -3.00. The molecule has 1 radical (unpaired) electrons. The number of hydrogen-bond acceptors (Lipinski definition) is 0. The van der Waals surface area contributed by atoms with E-state index in [9.17, 15) is 0 Å². The van der Waals surface area contributed by atoms with Crippen LogP contribution in [0.2, 0.25) is 5.82 Å². The van der Waals surface area contributed by atoms with Crippen molar-refractivity contribution in [3.63, 3.8) is 0 Å². The van der Waals surface area contributed by atoms with Gasteiger partial charge in [0, 0.05) is 18.6 Å². The third-order valence-corrected chi connectivity index (χ3v) is 17.4. The Morgan fingerprint density at radius 2 is 1.18 bits per heavy atom. The van der Waals surface area contributed by atoms with Gasteiger partial charge >= 0.3 is 0 Å². The van der Waals surface area contributed by atoms with E-state index in [0.29, 0.717) is 17.0 Å². The van der Waals surface area contributed by atoms with Crippen LogP contribution in [0.25, 0.3) is 0 Å². The Labute approximate surface area is 248 Å². The summed E-state index contributed by atoms with van der Waals surface area (Å²) in [4.78, 5) is 0. The molecule has 0 N–H and O–H groups in total. The molecule has 0 unspecified atom stereocenters. The Morgan fingerprint density at radius 3 is 1.59 bits per heavy atom. The molecule has 2 saturated heterocycles. The summed E-state index contributed by atoms with van der Waals surface area (Å²) in [5.41, 5.74) is 1.24. The van der Waals surface area contributed by atoms with Crippen molar-refractivity contribution in [1.29, 1.82) is 0 Å². The molecule has 3 aliphatic carbocycles. The second-order valence-corrected chi connectivity index (χ2v) is 17.4. The minimum atomic E-state index is -1.89. The van der Waals surface area contributed by atoms with Crippen molar-refractivity contribution in [3.05, 3.63) is 91.0 Å². The van der Waals surface area contributed by atoms with Crippen LogP contribution in [0.15, 0.2) is 91.0 Å². The van der Waals surface area contributed by atoms with Gasteiger partial charge in [0.15, 0.2) is 6.85 Å². The van der Waals surface area contributed by atoms with E-state index in [1.54, 1.807) is 15.9 Å². The zero-order valence-corrected chi connectivity index (χ0v) is 26.7. The van der Waals surface area contributed by atoms with Gasteiger partial charge in [0.2, 0.25) is 0 Å². The molecule has 3 aromatic carbocycles. The van der Waals surface area contributed by atoms with Gasteiger partial charge in [-0.25, -0.2) is 0 Å². The predicted molar refractivity (Wildman–Crippen MR) is 166 cm³/mol. The fourth-order valence-electron chi connectivity index (χ4n) is 10.5. The highest BCUT2D eigenvalue weighted by molar-refractivity contribution is 7.97. The van der Waals surface area contributed by atoms with Crippen molar-refractivity contribution in [2.24, 2.45) is 23.2 Å². The number of hydrogen-bond donors (Lipinski definition) is 0. The standard InChI is InChI=1S/C35H45BNP.BrH/c1-26-32-24-28(35(32,3)4)25-33(26)36-34(27(2)37(36)22-14-15-23-37)38(29-16-8-5-9-17-29,30-18-10-6-11-19-30)31-20-12-7-13-21-31;/h5-13,16-21,26-28,32-34H,14-15,22-25H2,1-4H3;1H/q+1;/p-1/t26-,27+,28+,32-,33-,34+;/m1./s1. The highest BCUT2D eigenvalue weighted by Gasteiger charge is 2.71. The van der Waals surface area contributed by atoms with Crippen molar-refractivity contribution >= 4 is 30.0 Å². The molecule has 39 heavy (non-hydrogen) atoms. The lowest BCUT2D eigenvalue weighted by atomic mass is 9.27. The molecule has 6 atom stereocenters. The van der Waals surface area contributed by atoms with E-state index >= 15 is 0 Å². The monoisotopic (exact) mass is 600 g/mol. The number of fused-ring (bicyclic) bond motifs is 2. The van der Waals surface area contributed by atoms with Gasteiger partial charge in [-0.2, -0.15) is 0 Å². The fraction of sp³-hybridized carbons (Fsp3) is 0.486. The minimum absolute atomic E-state index is 0. The van der Waals surface area contributed by atoms with E-state index in [1.165, 1.54) is 43.2 Å². The van der Waals surface area contributed by atoms with E-state index in [2.05, 4.69) is 119 Å². The maximum absolute atomic E-state index is 2.66. The Balaban J connectivity index is 0.00000277.